The zero-order valence-electron chi connectivity index (χ0n) is 18.0. The Morgan fingerprint density at radius 1 is 1.10 bits per heavy atom. The first-order valence-electron chi connectivity index (χ1n) is 10.5. The van der Waals surface area contributed by atoms with Crippen LogP contribution < -0.4 is 24.6 Å². The molecule has 0 saturated carbocycles. The van der Waals surface area contributed by atoms with Gasteiger partial charge in [-0.15, -0.1) is 0 Å². The second-order valence-corrected chi connectivity index (χ2v) is 7.75. The van der Waals surface area contributed by atoms with E-state index in [2.05, 4.69) is 27.2 Å². The molecule has 31 heavy (non-hydrogen) atoms. The number of carbonyl (C=O) groups is 2. The Kier molecular flexibility index (Phi) is 6.27. The Labute approximate surface area is 182 Å². The molecule has 2 aromatic carbocycles. The molecule has 2 amide bonds. The van der Waals surface area contributed by atoms with Crippen molar-refractivity contribution in [3.8, 4) is 11.5 Å². The molecule has 2 heterocycles. The van der Waals surface area contributed by atoms with Crippen LogP contribution in [0.1, 0.15) is 6.42 Å². The number of nitrogens with one attached hydrogen (secondary N) is 1. The Morgan fingerprint density at radius 2 is 1.84 bits per heavy atom. The van der Waals surface area contributed by atoms with Crippen LogP contribution in [0.5, 0.6) is 11.5 Å². The van der Waals surface area contributed by atoms with Crippen molar-refractivity contribution in [2.24, 2.45) is 0 Å². The van der Waals surface area contributed by atoms with Crippen molar-refractivity contribution in [3.05, 3.63) is 42.5 Å². The van der Waals surface area contributed by atoms with E-state index >= 15 is 0 Å². The van der Waals surface area contributed by atoms with E-state index in [9.17, 15) is 9.59 Å². The number of hydrogen-bond acceptors (Lipinski definition) is 6. The lowest BCUT2D eigenvalue weighted by atomic mass is 10.2. The summed E-state index contributed by atoms with van der Waals surface area (Å²) in [6.07, 6.45) is 0.429. The Balaban J connectivity index is 1.23. The van der Waals surface area contributed by atoms with Gasteiger partial charge >= 0.3 is 0 Å². The molecule has 8 heteroatoms. The SMILES string of the molecule is COc1ccc(N2CCN(CCC(=O)Nc3ccc4c(c3)OCC(=O)N4C)CC2)cc1. The minimum atomic E-state index is -0.0867. The van der Waals surface area contributed by atoms with Crippen LogP contribution >= 0.6 is 0 Å². The second-order valence-electron chi connectivity index (χ2n) is 7.75. The summed E-state index contributed by atoms with van der Waals surface area (Å²) in [6.45, 7) is 4.45. The van der Waals surface area contributed by atoms with Gasteiger partial charge in [0.05, 0.1) is 12.8 Å². The molecule has 0 aliphatic carbocycles. The molecule has 164 valence electrons. The molecule has 8 nitrogen and oxygen atoms in total. The summed E-state index contributed by atoms with van der Waals surface area (Å²) in [6, 6.07) is 13.5. The van der Waals surface area contributed by atoms with E-state index in [1.165, 1.54) is 5.69 Å². The summed E-state index contributed by atoms with van der Waals surface area (Å²) in [5.74, 6) is 1.35. The molecule has 4 rings (SSSR count). The molecule has 2 aliphatic rings. The van der Waals surface area contributed by atoms with Crippen molar-refractivity contribution < 1.29 is 19.1 Å². The van der Waals surface area contributed by atoms with Crippen LogP contribution in [-0.2, 0) is 9.59 Å². The summed E-state index contributed by atoms with van der Waals surface area (Å²) >= 11 is 0. The molecule has 1 saturated heterocycles. The number of methoxy groups -OCH3 is 1. The normalized spacial score (nSPS) is 16.5. The predicted octanol–water partition coefficient (Wildman–Crippen LogP) is 2.20. The predicted molar refractivity (Wildman–Crippen MR) is 120 cm³/mol. The molecular weight excluding hydrogens is 396 g/mol. The third kappa shape index (κ3) is 4.91. The number of amides is 2. The maximum atomic E-state index is 12.4. The number of piperazine rings is 1. The number of carbonyl (C=O) groups excluding carboxylic acids is 2. The van der Waals surface area contributed by atoms with Crippen LogP contribution in [0.4, 0.5) is 17.1 Å². The molecule has 0 radical (unpaired) electrons. The fourth-order valence-electron chi connectivity index (χ4n) is 3.86. The van der Waals surface area contributed by atoms with Gasteiger partial charge in [-0.2, -0.15) is 0 Å². The van der Waals surface area contributed by atoms with Crippen LogP contribution in [0.25, 0.3) is 0 Å². The van der Waals surface area contributed by atoms with E-state index in [-0.39, 0.29) is 18.4 Å². The number of benzene rings is 2. The van der Waals surface area contributed by atoms with Crippen molar-refractivity contribution >= 4 is 28.9 Å². The smallest absolute Gasteiger partial charge is 0.264 e. The Morgan fingerprint density at radius 3 is 2.55 bits per heavy atom. The van der Waals surface area contributed by atoms with Gasteiger partial charge in [-0.05, 0) is 36.4 Å². The van der Waals surface area contributed by atoms with Gasteiger partial charge < -0.3 is 24.6 Å². The van der Waals surface area contributed by atoms with E-state index in [1.807, 2.05) is 12.1 Å². The Hall–Kier alpha value is -3.26. The van der Waals surface area contributed by atoms with E-state index in [1.54, 1.807) is 37.3 Å². The van der Waals surface area contributed by atoms with Crippen LogP contribution in [0.3, 0.4) is 0 Å². The topological polar surface area (TPSA) is 74.4 Å². The first kappa shape index (κ1) is 21.0. The van der Waals surface area contributed by atoms with Gasteiger partial charge in [0.1, 0.15) is 11.5 Å². The molecule has 1 N–H and O–H groups in total. The van der Waals surface area contributed by atoms with Crippen LogP contribution in [0.15, 0.2) is 42.5 Å². The highest BCUT2D eigenvalue weighted by molar-refractivity contribution is 5.98. The molecule has 2 aliphatic heterocycles. The molecule has 0 aromatic heterocycles. The summed E-state index contributed by atoms with van der Waals surface area (Å²) < 4.78 is 10.7. The highest BCUT2D eigenvalue weighted by Gasteiger charge is 2.23. The monoisotopic (exact) mass is 424 g/mol. The van der Waals surface area contributed by atoms with Crippen molar-refractivity contribution in [3.63, 3.8) is 0 Å². The third-order valence-corrected chi connectivity index (χ3v) is 5.80. The number of nitrogens with zero attached hydrogens (tertiary/aromatic N) is 3. The average Bonchev–Trinajstić information content (AvgIpc) is 2.80. The van der Waals surface area contributed by atoms with Crippen molar-refractivity contribution in [1.29, 1.82) is 0 Å². The van der Waals surface area contributed by atoms with Crippen LogP contribution in [-0.4, -0.2) is 70.2 Å². The minimum Gasteiger partial charge on any atom is -0.497 e. The van der Waals surface area contributed by atoms with E-state index in [0.29, 0.717) is 23.5 Å². The van der Waals surface area contributed by atoms with Gasteiger partial charge in [-0.1, -0.05) is 0 Å². The maximum absolute atomic E-state index is 12.4. The van der Waals surface area contributed by atoms with Gasteiger partial charge in [-0.25, -0.2) is 0 Å². The van der Waals surface area contributed by atoms with Gasteiger partial charge in [0.2, 0.25) is 5.91 Å². The summed E-state index contributed by atoms with van der Waals surface area (Å²) in [7, 11) is 3.39. The van der Waals surface area contributed by atoms with Crippen molar-refractivity contribution in [2.75, 3.05) is 68.6 Å². The van der Waals surface area contributed by atoms with E-state index in [0.717, 1.165) is 38.5 Å². The zero-order valence-corrected chi connectivity index (χ0v) is 18.0. The molecule has 1 fully saturated rings. The molecule has 0 bridgehead atoms. The summed E-state index contributed by atoms with van der Waals surface area (Å²) in [5, 5.41) is 2.93. The minimum absolute atomic E-state index is 0.0173. The van der Waals surface area contributed by atoms with Crippen LogP contribution in [0, 0.1) is 0 Å². The first-order valence-corrected chi connectivity index (χ1v) is 10.5. The van der Waals surface area contributed by atoms with Gasteiger partial charge in [0.25, 0.3) is 5.91 Å². The standard InChI is InChI=1S/C23H28N4O4/c1-25-20-8-3-17(15-21(20)31-16-23(25)29)24-22(28)9-10-26-11-13-27(14-12-26)18-4-6-19(30-2)7-5-18/h3-8,15H,9-14,16H2,1-2H3,(H,24,28). The van der Waals surface area contributed by atoms with E-state index < -0.39 is 0 Å². The van der Waals surface area contributed by atoms with Gasteiger partial charge in [-0.3, -0.25) is 14.5 Å². The number of ether oxygens (including phenoxy) is 2. The lowest BCUT2D eigenvalue weighted by Gasteiger charge is -2.36. The fraction of sp³-hybridized carbons (Fsp3) is 0.391. The highest BCUT2D eigenvalue weighted by atomic mass is 16.5. The fourth-order valence-corrected chi connectivity index (χ4v) is 3.86. The molecule has 0 unspecified atom stereocenters. The van der Waals surface area contributed by atoms with Gasteiger partial charge in [0.15, 0.2) is 6.61 Å². The number of hydrogen-bond donors (Lipinski definition) is 1. The maximum Gasteiger partial charge on any atom is 0.264 e. The number of anilines is 3. The number of rotatable bonds is 6. The van der Waals surface area contributed by atoms with Crippen molar-refractivity contribution in [2.45, 2.75) is 6.42 Å². The van der Waals surface area contributed by atoms with Crippen LogP contribution in [0.2, 0.25) is 0 Å². The largest absolute Gasteiger partial charge is 0.497 e. The average molecular weight is 425 g/mol. The zero-order chi connectivity index (χ0) is 21.8. The second kappa shape index (κ2) is 9.26. The van der Waals surface area contributed by atoms with E-state index in [4.69, 9.17) is 9.47 Å². The lowest BCUT2D eigenvalue weighted by Crippen LogP contribution is -2.47. The highest BCUT2D eigenvalue weighted by Crippen LogP contribution is 2.33. The number of fused-ring (bicyclic) bond motifs is 1. The molecule has 0 atom stereocenters. The lowest BCUT2D eigenvalue weighted by molar-refractivity contribution is -0.121. The quantitative estimate of drug-likeness (QED) is 0.767. The molecule has 0 spiro atoms. The summed E-state index contributed by atoms with van der Waals surface area (Å²) in [5.41, 5.74) is 2.58. The summed E-state index contributed by atoms with van der Waals surface area (Å²) in [4.78, 5) is 30.4. The first-order chi connectivity index (χ1) is 15.0. The van der Waals surface area contributed by atoms with Gasteiger partial charge in [0, 0.05) is 63.6 Å². The van der Waals surface area contributed by atoms with Crippen molar-refractivity contribution in [1.82, 2.24) is 4.90 Å². The molecular formula is C23H28N4O4. The number of likely N-dealkylation sites (N-methyl/N-ethyl adjacent to an activating group) is 1. The third-order valence-electron chi connectivity index (χ3n) is 5.80. The Bertz CT molecular complexity index is 939. The molecule has 2 aromatic rings.